The Kier molecular flexibility index (Phi) is 3.99. The lowest BCUT2D eigenvalue weighted by Crippen LogP contribution is -2.41. The monoisotopic (exact) mass is 306 g/mol. The Bertz CT molecular complexity index is 537. The highest BCUT2D eigenvalue weighted by atomic mass is 31.1. The molecule has 0 saturated carbocycles. The third-order valence-corrected chi connectivity index (χ3v) is 9.93. The minimum Gasteiger partial charge on any atom is -0.0896 e. The largest absolute Gasteiger partial charge is 0.0896 e. The SMILES string of the molecule is CC1=PC(C)(C(C)C2(C)P=C(C)C(C)=C2C)C(C)=C1C. The molecule has 0 amide bonds. The average molecular weight is 306 g/mol. The molecule has 0 nitrogen and oxygen atoms in total. The topological polar surface area (TPSA) is 0 Å². The highest BCUT2D eigenvalue weighted by Crippen LogP contribution is 2.57. The second-order valence-corrected chi connectivity index (χ2v) is 10.6. The van der Waals surface area contributed by atoms with Gasteiger partial charge in [0.15, 0.2) is 0 Å². The molecule has 0 bridgehead atoms. The Balaban J connectivity index is 2.52. The summed E-state index contributed by atoms with van der Waals surface area (Å²) in [6, 6.07) is 0. The van der Waals surface area contributed by atoms with Crippen LogP contribution in [-0.2, 0) is 0 Å². The molecule has 0 radical (unpaired) electrons. The van der Waals surface area contributed by atoms with E-state index in [1.54, 1.807) is 32.9 Å². The summed E-state index contributed by atoms with van der Waals surface area (Å²) in [7, 11) is 3.04. The van der Waals surface area contributed by atoms with E-state index in [-0.39, 0.29) is 0 Å². The molecule has 0 fully saturated rings. The first-order valence-corrected chi connectivity index (χ1v) is 9.34. The second-order valence-electron chi connectivity index (χ2n) is 6.91. The highest BCUT2D eigenvalue weighted by molar-refractivity contribution is 7.45. The van der Waals surface area contributed by atoms with Crippen molar-refractivity contribution in [3.05, 3.63) is 22.3 Å². The van der Waals surface area contributed by atoms with Crippen LogP contribution in [0, 0.1) is 5.92 Å². The number of hydrogen-bond donors (Lipinski definition) is 0. The number of allylic oxidation sites excluding steroid dienone is 4. The molecular formula is C18H28P2. The van der Waals surface area contributed by atoms with Crippen molar-refractivity contribution in [3.63, 3.8) is 0 Å². The third kappa shape index (κ3) is 2.03. The fourth-order valence-corrected chi connectivity index (χ4v) is 7.47. The summed E-state index contributed by atoms with van der Waals surface area (Å²) in [5.41, 5.74) is 6.29. The van der Waals surface area contributed by atoms with Crippen molar-refractivity contribution in [1.82, 2.24) is 0 Å². The van der Waals surface area contributed by atoms with Crippen LogP contribution in [-0.4, -0.2) is 20.9 Å². The molecule has 0 aliphatic carbocycles. The molecule has 2 aliphatic rings. The molecule has 2 unspecified atom stereocenters. The van der Waals surface area contributed by atoms with E-state index >= 15 is 0 Å². The van der Waals surface area contributed by atoms with Crippen LogP contribution in [0.25, 0.3) is 0 Å². The van der Waals surface area contributed by atoms with Gasteiger partial charge in [-0.05, 0) is 83.0 Å². The summed E-state index contributed by atoms with van der Waals surface area (Å²) in [5, 5.41) is 3.72. The van der Waals surface area contributed by atoms with Crippen molar-refractivity contribution < 1.29 is 0 Å². The van der Waals surface area contributed by atoms with E-state index in [2.05, 4.69) is 62.3 Å². The van der Waals surface area contributed by atoms with Crippen LogP contribution in [0.15, 0.2) is 22.3 Å². The molecule has 0 aromatic rings. The van der Waals surface area contributed by atoms with Gasteiger partial charge < -0.3 is 0 Å². The van der Waals surface area contributed by atoms with Gasteiger partial charge in [-0.2, -0.15) is 0 Å². The van der Waals surface area contributed by atoms with Crippen LogP contribution in [0.1, 0.15) is 62.3 Å². The molecule has 0 aromatic heterocycles. The zero-order chi connectivity index (χ0) is 15.5. The molecule has 110 valence electrons. The summed E-state index contributed by atoms with van der Waals surface area (Å²) < 4.78 is 0. The summed E-state index contributed by atoms with van der Waals surface area (Å²) in [6.07, 6.45) is 0. The van der Waals surface area contributed by atoms with Gasteiger partial charge in [0.2, 0.25) is 0 Å². The molecule has 2 heteroatoms. The highest BCUT2D eigenvalue weighted by Gasteiger charge is 2.48. The average Bonchev–Trinajstić information content (AvgIpc) is 2.71. The maximum absolute atomic E-state index is 2.48. The Labute approximate surface area is 128 Å². The fourth-order valence-electron chi connectivity index (χ4n) is 3.72. The predicted octanol–water partition coefficient (Wildman–Crippen LogP) is 6.12. The maximum Gasteiger partial charge on any atom is 0.0348 e. The zero-order valence-corrected chi connectivity index (χ0v) is 16.3. The van der Waals surface area contributed by atoms with Crippen molar-refractivity contribution >= 4 is 27.0 Å². The quantitative estimate of drug-likeness (QED) is 0.539. The van der Waals surface area contributed by atoms with Crippen molar-refractivity contribution in [2.24, 2.45) is 5.92 Å². The van der Waals surface area contributed by atoms with E-state index in [1.165, 1.54) is 16.4 Å². The molecule has 20 heavy (non-hydrogen) atoms. The van der Waals surface area contributed by atoms with Gasteiger partial charge in [0, 0.05) is 10.3 Å². The maximum atomic E-state index is 2.48. The van der Waals surface area contributed by atoms with Gasteiger partial charge in [-0.25, -0.2) is 0 Å². The molecule has 2 heterocycles. The Morgan fingerprint density at radius 1 is 0.700 bits per heavy atom. The van der Waals surface area contributed by atoms with E-state index in [0.717, 1.165) is 0 Å². The van der Waals surface area contributed by atoms with E-state index in [0.29, 0.717) is 16.2 Å². The standard InChI is InChI=1S/C18H28P2/c1-10-12(3)17(8,19-14(10)5)16(7)18(9)13(4)11(2)15(6)20-18/h16H,1-9H3. The molecular weight excluding hydrogens is 278 g/mol. The molecule has 0 N–H and O–H groups in total. The minimum atomic E-state index is 0.294. The zero-order valence-electron chi connectivity index (χ0n) is 14.5. The normalized spacial score (nSPS) is 37.2. The summed E-state index contributed by atoms with van der Waals surface area (Å²) in [4.78, 5) is 0. The number of hydrogen-bond acceptors (Lipinski definition) is 0. The van der Waals surface area contributed by atoms with E-state index in [1.807, 2.05) is 0 Å². The summed E-state index contributed by atoms with van der Waals surface area (Å²) >= 11 is 0. The molecule has 0 spiro atoms. The lowest BCUT2D eigenvalue weighted by atomic mass is 9.74. The van der Waals surface area contributed by atoms with Crippen LogP contribution >= 0.6 is 16.4 Å². The van der Waals surface area contributed by atoms with Gasteiger partial charge >= 0.3 is 0 Å². The van der Waals surface area contributed by atoms with Crippen LogP contribution in [0.3, 0.4) is 0 Å². The molecule has 0 saturated heterocycles. The lowest BCUT2D eigenvalue weighted by molar-refractivity contribution is 0.405. The smallest absolute Gasteiger partial charge is 0.0348 e. The molecule has 2 atom stereocenters. The minimum absolute atomic E-state index is 0.294. The van der Waals surface area contributed by atoms with Crippen LogP contribution in [0.4, 0.5) is 0 Å². The van der Waals surface area contributed by atoms with Crippen molar-refractivity contribution in [2.75, 3.05) is 0 Å². The van der Waals surface area contributed by atoms with Gasteiger partial charge in [-0.1, -0.05) is 34.5 Å². The molecule has 2 rings (SSSR count). The first-order valence-electron chi connectivity index (χ1n) is 7.55. The van der Waals surface area contributed by atoms with E-state index < -0.39 is 0 Å². The van der Waals surface area contributed by atoms with Gasteiger partial charge in [-0.15, -0.1) is 0 Å². The van der Waals surface area contributed by atoms with Crippen LogP contribution in [0.5, 0.6) is 0 Å². The first-order chi connectivity index (χ1) is 9.05. The Hall–Kier alpha value is -0.180. The summed E-state index contributed by atoms with van der Waals surface area (Å²) in [5.74, 6) is 0.651. The Morgan fingerprint density at radius 2 is 1.00 bits per heavy atom. The molecule has 0 aromatic carbocycles. The fraction of sp³-hybridized carbons (Fsp3) is 0.667. The Morgan fingerprint density at radius 3 is 1.20 bits per heavy atom. The van der Waals surface area contributed by atoms with Crippen molar-refractivity contribution in [1.29, 1.82) is 0 Å². The lowest BCUT2D eigenvalue weighted by Gasteiger charge is -2.42. The van der Waals surface area contributed by atoms with E-state index in [9.17, 15) is 0 Å². The van der Waals surface area contributed by atoms with Gasteiger partial charge in [0.1, 0.15) is 0 Å². The van der Waals surface area contributed by atoms with Gasteiger partial charge in [0.25, 0.3) is 0 Å². The first kappa shape index (κ1) is 16.2. The summed E-state index contributed by atoms with van der Waals surface area (Å²) in [6.45, 7) is 21.4. The van der Waals surface area contributed by atoms with Crippen molar-refractivity contribution in [3.8, 4) is 0 Å². The van der Waals surface area contributed by atoms with Gasteiger partial charge in [-0.3, -0.25) is 0 Å². The van der Waals surface area contributed by atoms with E-state index in [4.69, 9.17) is 0 Å². The predicted molar refractivity (Wildman–Crippen MR) is 97.9 cm³/mol. The van der Waals surface area contributed by atoms with Crippen LogP contribution in [0.2, 0.25) is 0 Å². The van der Waals surface area contributed by atoms with Gasteiger partial charge in [0.05, 0.1) is 0 Å². The molecule has 2 aliphatic heterocycles. The van der Waals surface area contributed by atoms with Crippen LogP contribution < -0.4 is 0 Å². The third-order valence-electron chi connectivity index (χ3n) is 6.22. The van der Waals surface area contributed by atoms with Crippen molar-refractivity contribution in [2.45, 2.75) is 72.6 Å². The number of rotatable bonds is 2. The second kappa shape index (κ2) is 4.93.